The van der Waals surface area contributed by atoms with Crippen LogP contribution in [-0.4, -0.2) is 47.0 Å². The lowest BCUT2D eigenvalue weighted by atomic mass is 10.0. The molecular formula is C12H22N4O. The van der Waals surface area contributed by atoms with Gasteiger partial charge in [0.25, 0.3) is 5.91 Å². The largest absolute Gasteiger partial charge is 0.349 e. The van der Waals surface area contributed by atoms with Crippen molar-refractivity contribution in [2.24, 2.45) is 13.0 Å². The zero-order valence-corrected chi connectivity index (χ0v) is 11.3. The predicted molar refractivity (Wildman–Crippen MR) is 67.9 cm³/mol. The summed E-state index contributed by atoms with van der Waals surface area (Å²) < 4.78 is 1.72. The number of amides is 1. The summed E-state index contributed by atoms with van der Waals surface area (Å²) in [5, 5.41) is 2.95. The molecule has 0 fully saturated rings. The average Bonchev–Trinajstić information content (AvgIpc) is 2.63. The molecule has 1 heterocycles. The van der Waals surface area contributed by atoms with E-state index in [-0.39, 0.29) is 5.91 Å². The number of aryl methyl sites for hydroxylation is 1. The molecule has 0 saturated carbocycles. The molecule has 1 aromatic rings. The van der Waals surface area contributed by atoms with E-state index in [0.29, 0.717) is 24.2 Å². The summed E-state index contributed by atoms with van der Waals surface area (Å²) in [5.74, 6) is 0.425. The van der Waals surface area contributed by atoms with Gasteiger partial charge in [-0.15, -0.1) is 0 Å². The summed E-state index contributed by atoms with van der Waals surface area (Å²) in [7, 11) is 5.87. The fraction of sp³-hybridized carbons (Fsp3) is 0.667. The van der Waals surface area contributed by atoms with E-state index in [9.17, 15) is 4.79 Å². The maximum Gasteiger partial charge on any atom is 0.269 e. The molecule has 5 heteroatoms. The molecule has 1 amide bonds. The average molecular weight is 238 g/mol. The first-order valence-electron chi connectivity index (χ1n) is 5.84. The SMILES string of the molecule is CC(C)C(CNC(=O)c1cncn1C)N(C)C. The van der Waals surface area contributed by atoms with Crippen LogP contribution in [0.1, 0.15) is 24.3 Å². The number of carbonyl (C=O) groups is 1. The van der Waals surface area contributed by atoms with Crippen molar-refractivity contribution in [3.05, 3.63) is 18.2 Å². The maximum atomic E-state index is 11.9. The number of likely N-dealkylation sites (N-methyl/N-ethyl adjacent to an activating group) is 1. The molecule has 0 bridgehead atoms. The van der Waals surface area contributed by atoms with Crippen molar-refractivity contribution in [2.75, 3.05) is 20.6 Å². The number of nitrogens with one attached hydrogen (secondary N) is 1. The number of nitrogens with zero attached hydrogens (tertiary/aromatic N) is 3. The van der Waals surface area contributed by atoms with Gasteiger partial charge in [0.05, 0.1) is 12.5 Å². The van der Waals surface area contributed by atoms with E-state index in [1.807, 2.05) is 21.1 Å². The molecule has 1 N–H and O–H groups in total. The Kier molecular flexibility index (Phi) is 4.69. The first-order valence-corrected chi connectivity index (χ1v) is 5.84. The van der Waals surface area contributed by atoms with Gasteiger partial charge in [-0.05, 0) is 20.0 Å². The summed E-state index contributed by atoms with van der Waals surface area (Å²) in [6, 6.07) is 0.340. The maximum absolute atomic E-state index is 11.9. The Morgan fingerprint density at radius 3 is 2.59 bits per heavy atom. The molecular weight excluding hydrogens is 216 g/mol. The van der Waals surface area contributed by atoms with Crippen LogP contribution in [0.4, 0.5) is 0 Å². The van der Waals surface area contributed by atoms with Crippen LogP contribution < -0.4 is 5.32 Å². The second-order valence-corrected chi connectivity index (χ2v) is 4.87. The molecule has 5 nitrogen and oxygen atoms in total. The number of imidazole rings is 1. The van der Waals surface area contributed by atoms with Gasteiger partial charge in [-0.2, -0.15) is 0 Å². The van der Waals surface area contributed by atoms with Gasteiger partial charge in [0.15, 0.2) is 0 Å². The fourth-order valence-electron chi connectivity index (χ4n) is 1.88. The molecule has 1 rings (SSSR count). The third-order valence-electron chi connectivity index (χ3n) is 2.95. The molecule has 0 aliphatic heterocycles. The second-order valence-electron chi connectivity index (χ2n) is 4.87. The molecule has 0 aliphatic carbocycles. The Balaban J connectivity index is 2.56. The quantitative estimate of drug-likeness (QED) is 0.823. The minimum absolute atomic E-state index is 0.0718. The second kappa shape index (κ2) is 5.82. The first-order chi connectivity index (χ1) is 7.93. The fourth-order valence-corrected chi connectivity index (χ4v) is 1.88. The molecule has 0 spiro atoms. The molecule has 0 aliphatic rings. The van der Waals surface area contributed by atoms with Crippen molar-refractivity contribution >= 4 is 5.91 Å². The summed E-state index contributed by atoms with van der Waals surface area (Å²) in [4.78, 5) is 18.0. The van der Waals surface area contributed by atoms with Crippen molar-refractivity contribution in [3.8, 4) is 0 Å². The van der Waals surface area contributed by atoms with Crippen molar-refractivity contribution < 1.29 is 4.79 Å². The number of hydrogen-bond donors (Lipinski definition) is 1. The van der Waals surface area contributed by atoms with Gasteiger partial charge in [0, 0.05) is 19.6 Å². The van der Waals surface area contributed by atoms with Crippen LogP contribution in [0, 0.1) is 5.92 Å². The molecule has 17 heavy (non-hydrogen) atoms. The number of hydrogen-bond acceptors (Lipinski definition) is 3. The van der Waals surface area contributed by atoms with Crippen molar-refractivity contribution in [3.63, 3.8) is 0 Å². The van der Waals surface area contributed by atoms with Gasteiger partial charge in [0.1, 0.15) is 5.69 Å². The van der Waals surface area contributed by atoms with E-state index in [1.54, 1.807) is 17.1 Å². The van der Waals surface area contributed by atoms with E-state index < -0.39 is 0 Å². The zero-order chi connectivity index (χ0) is 13.0. The Morgan fingerprint density at radius 1 is 1.53 bits per heavy atom. The summed E-state index contributed by atoms with van der Waals surface area (Å²) in [5.41, 5.74) is 0.589. The van der Waals surface area contributed by atoms with E-state index in [0.717, 1.165) is 0 Å². The minimum atomic E-state index is -0.0718. The highest BCUT2D eigenvalue weighted by Gasteiger charge is 2.17. The third-order valence-corrected chi connectivity index (χ3v) is 2.95. The normalized spacial score (nSPS) is 13.1. The lowest BCUT2D eigenvalue weighted by Gasteiger charge is -2.28. The van der Waals surface area contributed by atoms with E-state index in [2.05, 4.69) is 29.0 Å². The highest BCUT2D eigenvalue weighted by Crippen LogP contribution is 2.06. The Hall–Kier alpha value is -1.36. The third kappa shape index (κ3) is 3.56. The van der Waals surface area contributed by atoms with Crippen LogP contribution in [0.5, 0.6) is 0 Å². The Morgan fingerprint density at radius 2 is 2.18 bits per heavy atom. The smallest absolute Gasteiger partial charge is 0.269 e. The molecule has 96 valence electrons. The highest BCUT2D eigenvalue weighted by atomic mass is 16.1. The van der Waals surface area contributed by atoms with Crippen molar-refractivity contribution in [2.45, 2.75) is 19.9 Å². The van der Waals surface area contributed by atoms with Gasteiger partial charge < -0.3 is 14.8 Å². The van der Waals surface area contributed by atoms with Gasteiger partial charge in [-0.25, -0.2) is 4.98 Å². The minimum Gasteiger partial charge on any atom is -0.349 e. The van der Waals surface area contributed by atoms with Crippen LogP contribution in [0.15, 0.2) is 12.5 Å². The topological polar surface area (TPSA) is 50.2 Å². The summed E-state index contributed by atoms with van der Waals surface area (Å²) >= 11 is 0. The van der Waals surface area contributed by atoms with Crippen molar-refractivity contribution in [1.82, 2.24) is 19.8 Å². The highest BCUT2D eigenvalue weighted by molar-refractivity contribution is 5.92. The molecule has 0 saturated heterocycles. The lowest BCUT2D eigenvalue weighted by molar-refractivity contribution is 0.0926. The van der Waals surface area contributed by atoms with Crippen LogP contribution in [0.3, 0.4) is 0 Å². The molecule has 0 aromatic carbocycles. The van der Waals surface area contributed by atoms with Gasteiger partial charge in [-0.3, -0.25) is 4.79 Å². The van der Waals surface area contributed by atoms with E-state index in [4.69, 9.17) is 0 Å². The monoisotopic (exact) mass is 238 g/mol. The van der Waals surface area contributed by atoms with Gasteiger partial charge in [-0.1, -0.05) is 13.8 Å². The number of aromatic nitrogens is 2. The molecule has 1 atom stereocenters. The number of carbonyl (C=O) groups excluding carboxylic acids is 1. The molecule has 0 radical (unpaired) electrons. The van der Waals surface area contributed by atoms with E-state index >= 15 is 0 Å². The van der Waals surface area contributed by atoms with E-state index in [1.165, 1.54) is 0 Å². The molecule has 1 unspecified atom stereocenters. The van der Waals surface area contributed by atoms with Crippen LogP contribution in [0.25, 0.3) is 0 Å². The Labute approximate surface area is 103 Å². The number of rotatable bonds is 5. The van der Waals surface area contributed by atoms with Gasteiger partial charge in [0.2, 0.25) is 0 Å². The summed E-state index contributed by atoms with van der Waals surface area (Å²) in [6.07, 6.45) is 3.20. The molecule has 1 aromatic heterocycles. The van der Waals surface area contributed by atoms with Crippen LogP contribution in [-0.2, 0) is 7.05 Å². The standard InChI is InChI=1S/C12H22N4O/c1-9(2)10(15(3)4)7-14-12(17)11-6-13-8-16(11)5/h6,8-10H,7H2,1-5H3,(H,14,17). The van der Waals surface area contributed by atoms with Gasteiger partial charge >= 0.3 is 0 Å². The summed E-state index contributed by atoms with van der Waals surface area (Å²) in [6.45, 7) is 4.95. The first kappa shape index (κ1) is 13.7. The lowest BCUT2D eigenvalue weighted by Crippen LogP contribution is -2.43. The Bertz CT molecular complexity index is 362. The predicted octanol–water partition coefficient (Wildman–Crippen LogP) is 0.736. The van der Waals surface area contributed by atoms with Crippen LogP contribution >= 0.6 is 0 Å². The van der Waals surface area contributed by atoms with Crippen LogP contribution in [0.2, 0.25) is 0 Å². The van der Waals surface area contributed by atoms with Crippen molar-refractivity contribution in [1.29, 1.82) is 0 Å². The zero-order valence-electron chi connectivity index (χ0n) is 11.3.